The van der Waals surface area contributed by atoms with E-state index >= 15 is 0 Å². The number of unbranched alkanes of at least 4 members (excludes halogenated alkanes) is 1. The topological polar surface area (TPSA) is 69.6 Å². The third-order valence-electron chi connectivity index (χ3n) is 3.82. The molecule has 1 atom stereocenters. The minimum absolute atomic E-state index is 0.0701. The highest BCUT2D eigenvalue weighted by molar-refractivity contribution is 7.99. The first-order valence-corrected chi connectivity index (χ1v) is 9.11. The molecule has 0 saturated heterocycles. The van der Waals surface area contributed by atoms with Crippen molar-refractivity contribution >= 4 is 11.8 Å². The molecule has 0 N–H and O–H groups in total. The molecule has 0 spiro atoms. The van der Waals surface area contributed by atoms with Gasteiger partial charge in [-0.1, -0.05) is 42.4 Å². The average Bonchev–Trinajstić information content (AvgIpc) is 3.22. The molecule has 3 rings (SSSR count). The lowest BCUT2D eigenvalue weighted by atomic mass is 10.2. The molecule has 3 aromatic rings. The van der Waals surface area contributed by atoms with Crippen molar-refractivity contribution in [2.45, 2.75) is 43.5 Å². The molecule has 0 saturated carbocycles. The molecule has 1 aromatic carbocycles. The van der Waals surface area contributed by atoms with Gasteiger partial charge in [-0.15, -0.1) is 10.2 Å². The molecule has 2 aromatic heterocycles. The Balaban J connectivity index is 1.75. The number of aryl methyl sites for hydroxylation is 1. The van der Waals surface area contributed by atoms with E-state index in [4.69, 9.17) is 4.52 Å². The van der Waals surface area contributed by atoms with Gasteiger partial charge in [0.05, 0.1) is 10.8 Å². The fraction of sp³-hybridized carbons (Fsp3) is 0.412. The summed E-state index contributed by atoms with van der Waals surface area (Å²) in [4.78, 5) is 4.44. The van der Waals surface area contributed by atoms with E-state index < -0.39 is 0 Å². The molecular weight excluding hydrogens is 341 g/mol. The van der Waals surface area contributed by atoms with Crippen LogP contribution in [-0.2, 0) is 13.5 Å². The first kappa shape index (κ1) is 17.6. The van der Waals surface area contributed by atoms with Crippen LogP contribution in [0.25, 0.3) is 11.4 Å². The van der Waals surface area contributed by atoms with Gasteiger partial charge in [-0.2, -0.15) is 4.98 Å². The van der Waals surface area contributed by atoms with Crippen LogP contribution < -0.4 is 0 Å². The average molecular weight is 361 g/mol. The SMILES string of the molecule is CCCCc1noc(C(C)Sc2nnc(-c3ccccc3F)n2C)n1. The van der Waals surface area contributed by atoms with Crippen molar-refractivity contribution in [1.82, 2.24) is 24.9 Å². The fourth-order valence-corrected chi connectivity index (χ4v) is 3.22. The zero-order valence-corrected chi connectivity index (χ0v) is 15.3. The Labute approximate surface area is 149 Å². The molecule has 2 heterocycles. The van der Waals surface area contributed by atoms with Gasteiger partial charge in [0.15, 0.2) is 16.8 Å². The second-order valence-electron chi connectivity index (χ2n) is 5.76. The molecule has 6 nitrogen and oxygen atoms in total. The second kappa shape index (κ2) is 7.77. The Hall–Kier alpha value is -2.22. The third kappa shape index (κ3) is 3.89. The second-order valence-corrected chi connectivity index (χ2v) is 7.07. The van der Waals surface area contributed by atoms with Crippen molar-refractivity contribution in [1.29, 1.82) is 0 Å². The molecule has 132 valence electrons. The zero-order chi connectivity index (χ0) is 17.8. The zero-order valence-electron chi connectivity index (χ0n) is 14.4. The van der Waals surface area contributed by atoms with E-state index in [0.29, 0.717) is 22.4 Å². The number of nitrogens with zero attached hydrogens (tertiary/aromatic N) is 5. The number of halogens is 1. The lowest BCUT2D eigenvalue weighted by Crippen LogP contribution is -1.98. The van der Waals surface area contributed by atoms with Gasteiger partial charge in [-0.25, -0.2) is 4.39 Å². The summed E-state index contributed by atoms with van der Waals surface area (Å²) in [5.74, 6) is 1.46. The van der Waals surface area contributed by atoms with Crippen LogP contribution in [0.2, 0.25) is 0 Å². The van der Waals surface area contributed by atoms with E-state index in [9.17, 15) is 4.39 Å². The van der Waals surface area contributed by atoms with Crippen LogP contribution in [-0.4, -0.2) is 24.9 Å². The van der Waals surface area contributed by atoms with Crippen molar-refractivity contribution in [3.63, 3.8) is 0 Å². The van der Waals surface area contributed by atoms with Crippen molar-refractivity contribution in [2.24, 2.45) is 7.05 Å². The van der Waals surface area contributed by atoms with Crippen molar-refractivity contribution in [3.05, 3.63) is 41.8 Å². The molecule has 0 fully saturated rings. The minimum atomic E-state index is -0.319. The maximum atomic E-state index is 14.0. The summed E-state index contributed by atoms with van der Waals surface area (Å²) in [5.41, 5.74) is 0.427. The van der Waals surface area contributed by atoms with E-state index in [0.717, 1.165) is 25.1 Å². The molecule has 0 radical (unpaired) electrons. The standard InChI is InChI=1S/C17H20FN5OS/c1-4-5-10-14-19-16(24-22-14)11(2)25-17-21-20-15(23(17)3)12-8-6-7-9-13(12)18/h6-9,11H,4-5,10H2,1-3H3. The van der Waals surface area contributed by atoms with Crippen LogP contribution in [0.4, 0.5) is 4.39 Å². The molecular formula is C17H20FN5OS. The van der Waals surface area contributed by atoms with Gasteiger partial charge in [0.25, 0.3) is 0 Å². The minimum Gasteiger partial charge on any atom is -0.338 e. The van der Waals surface area contributed by atoms with Crippen LogP contribution in [0.1, 0.15) is 43.7 Å². The third-order valence-corrected chi connectivity index (χ3v) is 4.94. The number of rotatable bonds is 7. The van der Waals surface area contributed by atoms with Gasteiger partial charge in [-0.3, -0.25) is 0 Å². The van der Waals surface area contributed by atoms with Gasteiger partial charge in [-0.05, 0) is 25.5 Å². The molecule has 0 aliphatic carbocycles. The van der Waals surface area contributed by atoms with E-state index in [1.54, 1.807) is 22.8 Å². The van der Waals surface area contributed by atoms with Crippen molar-refractivity contribution in [2.75, 3.05) is 0 Å². The highest BCUT2D eigenvalue weighted by atomic mass is 32.2. The van der Waals surface area contributed by atoms with Gasteiger partial charge >= 0.3 is 0 Å². The summed E-state index contributed by atoms with van der Waals surface area (Å²) in [6, 6.07) is 6.53. The van der Waals surface area contributed by atoms with E-state index in [2.05, 4.69) is 27.3 Å². The Kier molecular flexibility index (Phi) is 5.47. The highest BCUT2D eigenvalue weighted by Crippen LogP contribution is 2.34. The van der Waals surface area contributed by atoms with Crippen LogP contribution in [0, 0.1) is 5.82 Å². The van der Waals surface area contributed by atoms with Crippen LogP contribution in [0.5, 0.6) is 0 Å². The smallest absolute Gasteiger partial charge is 0.239 e. The monoisotopic (exact) mass is 361 g/mol. The van der Waals surface area contributed by atoms with Crippen molar-refractivity contribution < 1.29 is 8.91 Å². The number of aromatic nitrogens is 5. The number of thioether (sulfide) groups is 1. The number of hydrogen-bond donors (Lipinski definition) is 0. The van der Waals surface area contributed by atoms with E-state index in [1.165, 1.54) is 17.8 Å². The Bertz CT molecular complexity index is 847. The summed E-state index contributed by atoms with van der Waals surface area (Å²) in [6.45, 7) is 4.10. The van der Waals surface area contributed by atoms with E-state index in [1.807, 2.05) is 14.0 Å². The Morgan fingerprint density at radius 1 is 1.28 bits per heavy atom. The Morgan fingerprint density at radius 2 is 2.08 bits per heavy atom. The van der Waals surface area contributed by atoms with Crippen LogP contribution in [0.15, 0.2) is 33.9 Å². The van der Waals surface area contributed by atoms with Gasteiger partial charge in [0.2, 0.25) is 5.89 Å². The van der Waals surface area contributed by atoms with E-state index in [-0.39, 0.29) is 11.1 Å². The normalized spacial score (nSPS) is 12.5. The lowest BCUT2D eigenvalue weighted by molar-refractivity contribution is 0.374. The molecule has 0 bridgehead atoms. The number of benzene rings is 1. The lowest BCUT2D eigenvalue weighted by Gasteiger charge is -2.07. The fourth-order valence-electron chi connectivity index (χ4n) is 2.37. The first-order valence-electron chi connectivity index (χ1n) is 8.23. The maximum Gasteiger partial charge on any atom is 0.239 e. The molecule has 0 aliphatic rings. The molecule has 0 amide bonds. The quantitative estimate of drug-likeness (QED) is 0.588. The van der Waals surface area contributed by atoms with Gasteiger partial charge in [0, 0.05) is 13.5 Å². The summed E-state index contributed by atoms with van der Waals surface area (Å²) in [5, 5.41) is 12.9. The largest absolute Gasteiger partial charge is 0.338 e. The van der Waals surface area contributed by atoms with Crippen LogP contribution >= 0.6 is 11.8 Å². The predicted octanol–water partition coefficient (Wildman–Crippen LogP) is 4.20. The molecule has 25 heavy (non-hydrogen) atoms. The van der Waals surface area contributed by atoms with Crippen LogP contribution in [0.3, 0.4) is 0 Å². The first-order chi connectivity index (χ1) is 12.1. The molecule has 8 heteroatoms. The maximum absolute atomic E-state index is 14.0. The summed E-state index contributed by atoms with van der Waals surface area (Å²) >= 11 is 1.45. The summed E-state index contributed by atoms with van der Waals surface area (Å²) < 4.78 is 21.1. The number of hydrogen-bond acceptors (Lipinski definition) is 6. The molecule has 0 aliphatic heterocycles. The predicted molar refractivity (Wildman–Crippen MR) is 93.6 cm³/mol. The van der Waals surface area contributed by atoms with Gasteiger partial charge < -0.3 is 9.09 Å². The van der Waals surface area contributed by atoms with Crippen molar-refractivity contribution in [3.8, 4) is 11.4 Å². The van der Waals surface area contributed by atoms with Gasteiger partial charge in [0.1, 0.15) is 5.82 Å². The Morgan fingerprint density at radius 3 is 2.84 bits per heavy atom. The summed E-state index contributed by atoms with van der Waals surface area (Å²) in [6.07, 6.45) is 2.94. The highest BCUT2D eigenvalue weighted by Gasteiger charge is 2.20. The summed E-state index contributed by atoms with van der Waals surface area (Å²) in [7, 11) is 1.82. The molecule has 1 unspecified atom stereocenters.